The first-order valence-corrected chi connectivity index (χ1v) is 7.32. The third-order valence-electron chi connectivity index (χ3n) is 3.43. The van der Waals surface area contributed by atoms with Crippen LogP contribution in [0, 0.1) is 5.92 Å². The van der Waals surface area contributed by atoms with E-state index >= 15 is 0 Å². The minimum atomic E-state index is 0.0138. The number of rotatable bonds is 5. The Kier molecular flexibility index (Phi) is 7.36. The summed E-state index contributed by atoms with van der Waals surface area (Å²) in [6.07, 6.45) is 2.20. The van der Waals surface area contributed by atoms with E-state index < -0.39 is 0 Å². The second-order valence-corrected chi connectivity index (χ2v) is 5.39. The van der Waals surface area contributed by atoms with Crippen molar-refractivity contribution in [3.8, 4) is 0 Å². The molecular weight excluding hydrogens is 256 g/mol. The number of guanidine groups is 1. The van der Waals surface area contributed by atoms with Crippen molar-refractivity contribution in [2.75, 3.05) is 54.0 Å². The molecule has 1 fully saturated rings. The van der Waals surface area contributed by atoms with Gasteiger partial charge in [-0.05, 0) is 25.7 Å². The van der Waals surface area contributed by atoms with Crippen LogP contribution in [-0.2, 0) is 9.53 Å². The largest absolute Gasteiger partial charge is 0.381 e. The van der Waals surface area contributed by atoms with E-state index in [4.69, 9.17) is 4.74 Å². The molecule has 0 aliphatic carbocycles. The number of carbonyl (C=O) groups is 1. The maximum atomic E-state index is 11.6. The molecule has 6 heteroatoms. The third kappa shape index (κ3) is 5.77. The molecule has 0 aromatic heterocycles. The zero-order valence-electron chi connectivity index (χ0n) is 13.2. The molecule has 1 amide bonds. The van der Waals surface area contributed by atoms with E-state index in [9.17, 15) is 4.79 Å². The van der Waals surface area contributed by atoms with E-state index in [0.29, 0.717) is 5.92 Å². The van der Waals surface area contributed by atoms with Crippen LogP contribution in [-0.4, -0.2) is 75.7 Å². The van der Waals surface area contributed by atoms with Gasteiger partial charge in [-0.25, -0.2) is 4.99 Å². The summed E-state index contributed by atoms with van der Waals surface area (Å²) in [6.45, 7) is 5.67. The molecule has 1 saturated heterocycles. The van der Waals surface area contributed by atoms with Gasteiger partial charge in [0, 0.05) is 47.4 Å². The molecule has 0 radical (unpaired) electrons. The Balaban J connectivity index is 2.54. The van der Waals surface area contributed by atoms with Crippen LogP contribution in [0.2, 0.25) is 0 Å². The molecule has 1 aliphatic rings. The predicted molar refractivity (Wildman–Crippen MR) is 80.8 cm³/mol. The number of aliphatic imine (C=N–C) groups is 1. The Labute approximate surface area is 122 Å². The van der Waals surface area contributed by atoms with Crippen molar-refractivity contribution in [2.24, 2.45) is 10.9 Å². The van der Waals surface area contributed by atoms with Crippen LogP contribution in [0.5, 0.6) is 0 Å². The second kappa shape index (κ2) is 8.79. The van der Waals surface area contributed by atoms with Crippen LogP contribution < -0.4 is 5.32 Å². The minimum Gasteiger partial charge on any atom is -0.381 e. The molecule has 6 nitrogen and oxygen atoms in total. The maximum Gasteiger partial charge on any atom is 0.243 e. The lowest BCUT2D eigenvalue weighted by atomic mass is 10.00. The van der Waals surface area contributed by atoms with Crippen LogP contribution >= 0.6 is 0 Å². The lowest BCUT2D eigenvalue weighted by Crippen LogP contribution is -2.42. The highest BCUT2D eigenvalue weighted by atomic mass is 16.5. The first-order valence-electron chi connectivity index (χ1n) is 7.32. The average Bonchev–Trinajstić information content (AvgIpc) is 2.43. The maximum absolute atomic E-state index is 11.6. The smallest absolute Gasteiger partial charge is 0.243 e. The summed E-state index contributed by atoms with van der Waals surface area (Å²) in [6, 6.07) is 0. The molecular formula is C14H28N4O2. The van der Waals surface area contributed by atoms with Gasteiger partial charge in [-0.3, -0.25) is 4.79 Å². The molecule has 1 heterocycles. The number of nitrogens with zero attached hydrogens (tertiary/aromatic N) is 3. The van der Waals surface area contributed by atoms with Crippen LogP contribution in [0.3, 0.4) is 0 Å². The summed E-state index contributed by atoms with van der Waals surface area (Å²) in [7, 11) is 5.52. The van der Waals surface area contributed by atoms with Gasteiger partial charge in [-0.1, -0.05) is 0 Å². The lowest BCUT2D eigenvalue weighted by Gasteiger charge is -2.29. The number of ether oxygens (including phenoxy) is 1. The summed E-state index contributed by atoms with van der Waals surface area (Å²) in [5, 5.41) is 3.24. The van der Waals surface area contributed by atoms with E-state index in [2.05, 4.69) is 15.2 Å². The summed E-state index contributed by atoms with van der Waals surface area (Å²) in [5.74, 6) is 1.45. The highest BCUT2D eigenvalue weighted by Gasteiger charge is 2.17. The highest BCUT2D eigenvalue weighted by molar-refractivity contribution is 5.84. The summed E-state index contributed by atoms with van der Waals surface area (Å²) in [5.41, 5.74) is 0. The zero-order valence-corrected chi connectivity index (χ0v) is 13.2. The van der Waals surface area contributed by atoms with Gasteiger partial charge in [0.1, 0.15) is 6.54 Å². The Morgan fingerprint density at radius 2 is 1.95 bits per heavy atom. The Morgan fingerprint density at radius 3 is 2.50 bits per heavy atom. The Morgan fingerprint density at radius 1 is 1.30 bits per heavy atom. The molecule has 1 N–H and O–H groups in total. The third-order valence-corrected chi connectivity index (χ3v) is 3.43. The molecule has 1 rings (SSSR count). The van der Waals surface area contributed by atoms with Crippen LogP contribution in [0.15, 0.2) is 4.99 Å². The fourth-order valence-corrected chi connectivity index (χ4v) is 2.16. The van der Waals surface area contributed by atoms with Gasteiger partial charge in [0.05, 0.1) is 0 Å². The monoisotopic (exact) mass is 284 g/mol. The van der Waals surface area contributed by atoms with Crippen LogP contribution in [0.4, 0.5) is 0 Å². The van der Waals surface area contributed by atoms with Crippen LogP contribution in [0.1, 0.15) is 19.8 Å². The average molecular weight is 284 g/mol. The summed E-state index contributed by atoms with van der Waals surface area (Å²) in [4.78, 5) is 19.7. The Bertz CT molecular complexity index is 325. The molecule has 0 aromatic carbocycles. The van der Waals surface area contributed by atoms with Crippen molar-refractivity contribution in [2.45, 2.75) is 19.8 Å². The molecule has 0 unspecified atom stereocenters. The minimum absolute atomic E-state index is 0.0138. The van der Waals surface area contributed by atoms with Crippen molar-refractivity contribution >= 4 is 11.9 Å². The number of hydrogen-bond donors (Lipinski definition) is 1. The fourth-order valence-electron chi connectivity index (χ4n) is 2.16. The molecule has 1 aliphatic heterocycles. The SMILES string of the molecule is CCNC(=NCC(=O)N(C)C)N(C)CC1CCOCC1. The van der Waals surface area contributed by atoms with Crippen molar-refractivity contribution < 1.29 is 9.53 Å². The summed E-state index contributed by atoms with van der Waals surface area (Å²) >= 11 is 0. The molecule has 20 heavy (non-hydrogen) atoms. The van der Waals surface area contributed by atoms with E-state index in [0.717, 1.165) is 45.1 Å². The molecule has 0 saturated carbocycles. The van der Waals surface area contributed by atoms with Gasteiger partial charge in [-0.15, -0.1) is 0 Å². The first kappa shape index (κ1) is 16.8. The van der Waals surface area contributed by atoms with Crippen molar-refractivity contribution in [1.29, 1.82) is 0 Å². The van der Waals surface area contributed by atoms with E-state index in [-0.39, 0.29) is 12.5 Å². The molecule has 0 aromatic rings. The Hall–Kier alpha value is -1.30. The number of nitrogens with one attached hydrogen (secondary N) is 1. The van der Waals surface area contributed by atoms with Gasteiger partial charge >= 0.3 is 0 Å². The molecule has 0 spiro atoms. The number of amides is 1. The fraction of sp³-hybridized carbons (Fsp3) is 0.857. The normalized spacial score (nSPS) is 16.9. The van der Waals surface area contributed by atoms with Crippen molar-refractivity contribution in [1.82, 2.24) is 15.1 Å². The second-order valence-electron chi connectivity index (χ2n) is 5.39. The lowest BCUT2D eigenvalue weighted by molar-refractivity contribution is -0.127. The quantitative estimate of drug-likeness (QED) is 0.586. The van der Waals surface area contributed by atoms with Gasteiger partial charge < -0.3 is 19.9 Å². The van der Waals surface area contributed by atoms with E-state index in [1.165, 1.54) is 0 Å². The van der Waals surface area contributed by atoms with Gasteiger partial charge in [0.15, 0.2) is 5.96 Å². The van der Waals surface area contributed by atoms with Gasteiger partial charge in [-0.2, -0.15) is 0 Å². The molecule has 0 atom stereocenters. The van der Waals surface area contributed by atoms with Gasteiger partial charge in [0.25, 0.3) is 0 Å². The molecule has 0 bridgehead atoms. The number of hydrogen-bond acceptors (Lipinski definition) is 3. The number of carbonyl (C=O) groups excluding carboxylic acids is 1. The predicted octanol–water partition coefficient (Wildman–Crippen LogP) is 0.399. The topological polar surface area (TPSA) is 57.2 Å². The van der Waals surface area contributed by atoms with E-state index in [1.54, 1.807) is 19.0 Å². The van der Waals surface area contributed by atoms with Gasteiger partial charge in [0.2, 0.25) is 5.91 Å². The first-order chi connectivity index (χ1) is 9.54. The van der Waals surface area contributed by atoms with Crippen molar-refractivity contribution in [3.63, 3.8) is 0 Å². The molecule has 116 valence electrons. The zero-order chi connectivity index (χ0) is 15.0. The van der Waals surface area contributed by atoms with Crippen LogP contribution in [0.25, 0.3) is 0 Å². The van der Waals surface area contributed by atoms with Crippen molar-refractivity contribution in [3.05, 3.63) is 0 Å². The summed E-state index contributed by atoms with van der Waals surface area (Å²) < 4.78 is 5.38. The number of likely N-dealkylation sites (N-methyl/N-ethyl adjacent to an activating group) is 1. The highest BCUT2D eigenvalue weighted by Crippen LogP contribution is 2.15. The standard InChI is InChI=1S/C14H28N4O2/c1-5-15-14(16-10-13(19)17(2)3)18(4)11-12-6-8-20-9-7-12/h12H,5-11H2,1-4H3,(H,15,16). The van der Waals surface area contributed by atoms with E-state index in [1.807, 2.05) is 14.0 Å².